The largest absolute Gasteiger partial charge is 0.355 e. The lowest BCUT2D eigenvalue weighted by atomic mass is 10.0. The van der Waals surface area contributed by atoms with Gasteiger partial charge < -0.3 is 5.32 Å². The van der Waals surface area contributed by atoms with Crippen LogP contribution in [0, 0.1) is 16.0 Å². The van der Waals surface area contributed by atoms with Crippen LogP contribution in [0.2, 0.25) is 0 Å². The summed E-state index contributed by atoms with van der Waals surface area (Å²) < 4.78 is 26.4. The molecule has 2 N–H and O–H groups in total. The van der Waals surface area contributed by atoms with Crippen molar-refractivity contribution in [3.05, 3.63) is 34.4 Å². The first-order valence-electron chi connectivity index (χ1n) is 7.33. The first kappa shape index (κ1) is 19.0. The van der Waals surface area contributed by atoms with Gasteiger partial charge in [0.1, 0.15) is 0 Å². The van der Waals surface area contributed by atoms with Gasteiger partial charge >= 0.3 is 0 Å². The van der Waals surface area contributed by atoms with Crippen molar-refractivity contribution in [1.82, 2.24) is 10.0 Å². The van der Waals surface area contributed by atoms with Crippen LogP contribution in [0.4, 0.5) is 5.69 Å². The molecule has 8 nitrogen and oxygen atoms in total. The Bertz CT molecular complexity index is 656. The molecule has 1 rings (SSSR count). The maximum absolute atomic E-state index is 12.1. The van der Waals surface area contributed by atoms with Crippen molar-refractivity contribution in [2.75, 3.05) is 13.1 Å². The molecule has 1 amide bonds. The van der Waals surface area contributed by atoms with Crippen molar-refractivity contribution in [2.45, 2.75) is 31.6 Å². The molecule has 0 aliphatic heterocycles. The fourth-order valence-electron chi connectivity index (χ4n) is 2.02. The predicted octanol–water partition coefficient (Wildman–Crippen LogP) is 1.43. The normalized spacial score (nSPS) is 11.4. The number of nitro benzene ring substituents is 1. The Balaban J connectivity index is 2.58. The topological polar surface area (TPSA) is 118 Å². The second-order valence-corrected chi connectivity index (χ2v) is 6.72. The SMILES string of the molecule is CCC(CC)C(=O)NCCNS(=O)(=O)c1cccc([N+](=O)[O-])c1. The van der Waals surface area contributed by atoms with Crippen LogP contribution in [0.25, 0.3) is 0 Å². The van der Waals surface area contributed by atoms with Gasteiger partial charge in [-0.15, -0.1) is 0 Å². The van der Waals surface area contributed by atoms with Gasteiger partial charge in [0.2, 0.25) is 15.9 Å². The van der Waals surface area contributed by atoms with Crippen molar-refractivity contribution < 1.29 is 18.1 Å². The molecule has 0 spiro atoms. The summed E-state index contributed by atoms with van der Waals surface area (Å²) in [7, 11) is -3.85. The van der Waals surface area contributed by atoms with Crippen molar-refractivity contribution in [3.63, 3.8) is 0 Å². The molecule has 0 saturated carbocycles. The van der Waals surface area contributed by atoms with E-state index in [1.807, 2.05) is 13.8 Å². The molecule has 23 heavy (non-hydrogen) atoms. The highest BCUT2D eigenvalue weighted by Crippen LogP contribution is 2.16. The number of nitrogens with zero attached hydrogens (tertiary/aromatic N) is 1. The third-order valence-corrected chi connectivity index (χ3v) is 4.87. The zero-order valence-electron chi connectivity index (χ0n) is 13.1. The number of hydrogen-bond acceptors (Lipinski definition) is 5. The summed E-state index contributed by atoms with van der Waals surface area (Å²) in [4.78, 5) is 21.6. The highest BCUT2D eigenvalue weighted by atomic mass is 32.2. The summed E-state index contributed by atoms with van der Waals surface area (Å²) in [5.41, 5.74) is -0.296. The van der Waals surface area contributed by atoms with Gasteiger partial charge in [0.25, 0.3) is 5.69 Å². The quantitative estimate of drug-likeness (QED) is 0.399. The molecule has 0 bridgehead atoms. The minimum Gasteiger partial charge on any atom is -0.355 e. The van der Waals surface area contributed by atoms with E-state index in [1.54, 1.807) is 0 Å². The molecule has 0 fully saturated rings. The third kappa shape index (κ3) is 5.61. The second-order valence-electron chi connectivity index (χ2n) is 4.96. The zero-order valence-corrected chi connectivity index (χ0v) is 13.9. The first-order chi connectivity index (χ1) is 10.8. The number of carbonyl (C=O) groups is 1. The smallest absolute Gasteiger partial charge is 0.270 e. The molecule has 0 saturated heterocycles. The molecule has 0 unspecified atom stereocenters. The molecule has 0 radical (unpaired) electrons. The first-order valence-corrected chi connectivity index (χ1v) is 8.82. The average molecular weight is 343 g/mol. The number of carbonyl (C=O) groups excluding carboxylic acids is 1. The Morgan fingerprint density at radius 1 is 1.26 bits per heavy atom. The van der Waals surface area contributed by atoms with E-state index < -0.39 is 14.9 Å². The number of sulfonamides is 1. The zero-order chi connectivity index (χ0) is 17.5. The van der Waals surface area contributed by atoms with Crippen molar-refractivity contribution in [1.29, 1.82) is 0 Å². The van der Waals surface area contributed by atoms with Crippen molar-refractivity contribution >= 4 is 21.6 Å². The minimum absolute atomic E-state index is 0.0108. The van der Waals surface area contributed by atoms with Crippen LogP contribution in [-0.2, 0) is 14.8 Å². The molecule has 0 aliphatic rings. The average Bonchev–Trinajstić information content (AvgIpc) is 2.53. The molecular formula is C14H21N3O5S. The van der Waals surface area contributed by atoms with E-state index in [1.165, 1.54) is 18.2 Å². The minimum atomic E-state index is -3.85. The maximum atomic E-state index is 12.1. The van der Waals surface area contributed by atoms with Crippen LogP contribution in [0.15, 0.2) is 29.2 Å². The van der Waals surface area contributed by atoms with Crippen LogP contribution in [-0.4, -0.2) is 32.3 Å². The van der Waals surface area contributed by atoms with E-state index in [0.717, 1.165) is 18.9 Å². The fourth-order valence-corrected chi connectivity index (χ4v) is 3.09. The van der Waals surface area contributed by atoms with Gasteiger partial charge in [0.05, 0.1) is 9.82 Å². The molecule has 1 aromatic carbocycles. The van der Waals surface area contributed by atoms with Crippen LogP contribution in [0.1, 0.15) is 26.7 Å². The van der Waals surface area contributed by atoms with Gasteiger partial charge in [-0.2, -0.15) is 0 Å². The molecule has 0 aliphatic carbocycles. The van der Waals surface area contributed by atoms with Crippen molar-refractivity contribution in [3.8, 4) is 0 Å². The lowest BCUT2D eigenvalue weighted by Crippen LogP contribution is -2.37. The van der Waals surface area contributed by atoms with Crippen LogP contribution >= 0.6 is 0 Å². The molecule has 9 heteroatoms. The van der Waals surface area contributed by atoms with E-state index in [-0.39, 0.29) is 35.5 Å². The summed E-state index contributed by atoms with van der Waals surface area (Å²) in [6.07, 6.45) is 1.45. The Labute approximate surface area is 135 Å². The highest BCUT2D eigenvalue weighted by molar-refractivity contribution is 7.89. The molecule has 0 atom stereocenters. The number of hydrogen-bond donors (Lipinski definition) is 2. The number of nitrogens with one attached hydrogen (secondary N) is 2. The highest BCUT2D eigenvalue weighted by Gasteiger charge is 2.18. The summed E-state index contributed by atoms with van der Waals surface area (Å²) in [6.45, 7) is 4.00. The molecule has 128 valence electrons. The van der Waals surface area contributed by atoms with Crippen LogP contribution in [0.5, 0.6) is 0 Å². The Kier molecular flexibility index (Phi) is 7.11. The van der Waals surface area contributed by atoms with Crippen molar-refractivity contribution in [2.24, 2.45) is 5.92 Å². The predicted molar refractivity (Wildman–Crippen MR) is 85.4 cm³/mol. The lowest BCUT2D eigenvalue weighted by molar-refractivity contribution is -0.385. The number of benzene rings is 1. The number of amides is 1. The Morgan fingerprint density at radius 3 is 2.48 bits per heavy atom. The van der Waals surface area contributed by atoms with Gasteiger partial charge in [-0.05, 0) is 18.9 Å². The lowest BCUT2D eigenvalue weighted by Gasteiger charge is -2.13. The maximum Gasteiger partial charge on any atom is 0.270 e. The van der Waals surface area contributed by atoms with Gasteiger partial charge in [-0.25, -0.2) is 13.1 Å². The molecule has 1 aromatic rings. The van der Waals surface area contributed by atoms with Crippen LogP contribution < -0.4 is 10.0 Å². The van der Waals surface area contributed by atoms with Crippen LogP contribution in [0.3, 0.4) is 0 Å². The second kappa shape index (κ2) is 8.59. The van der Waals surface area contributed by atoms with E-state index in [9.17, 15) is 23.3 Å². The summed E-state index contributed by atoms with van der Waals surface area (Å²) >= 11 is 0. The standard InChI is InChI=1S/C14H21N3O5S/c1-3-11(4-2)14(18)15-8-9-16-23(21,22)13-7-5-6-12(10-13)17(19)20/h5-7,10-11,16H,3-4,8-9H2,1-2H3,(H,15,18). The Morgan fingerprint density at radius 2 is 1.91 bits per heavy atom. The number of nitro groups is 1. The van der Waals surface area contributed by atoms with Gasteiger partial charge in [-0.3, -0.25) is 14.9 Å². The molecular weight excluding hydrogens is 322 g/mol. The Hall–Kier alpha value is -2.00. The van der Waals surface area contributed by atoms with Gasteiger partial charge in [0, 0.05) is 31.1 Å². The monoisotopic (exact) mass is 343 g/mol. The number of non-ortho nitro benzene ring substituents is 1. The van der Waals surface area contributed by atoms with E-state index in [4.69, 9.17) is 0 Å². The van der Waals surface area contributed by atoms with E-state index >= 15 is 0 Å². The molecule has 0 aromatic heterocycles. The van der Waals surface area contributed by atoms with E-state index in [2.05, 4.69) is 10.0 Å². The van der Waals surface area contributed by atoms with E-state index in [0.29, 0.717) is 0 Å². The van der Waals surface area contributed by atoms with Gasteiger partial charge in [0.15, 0.2) is 0 Å². The summed E-state index contributed by atoms with van der Waals surface area (Å²) in [5, 5.41) is 13.3. The summed E-state index contributed by atoms with van der Waals surface area (Å²) in [6, 6.07) is 4.79. The van der Waals surface area contributed by atoms with Gasteiger partial charge in [-0.1, -0.05) is 19.9 Å². The third-order valence-electron chi connectivity index (χ3n) is 3.41. The summed E-state index contributed by atoms with van der Waals surface area (Å²) in [5.74, 6) is -0.187. The fraction of sp³-hybridized carbons (Fsp3) is 0.500. The molecule has 0 heterocycles. The number of rotatable bonds is 9.